The van der Waals surface area contributed by atoms with Crippen LogP contribution in [0.3, 0.4) is 0 Å². The van der Waals surface area contributed by atoms with Gasteiger partial charge in [-0.2, -0.15) is 0 Å². The second-order valence-corrected chi connectivity index (χ2v) is 6.02. The summed E-state index contributed by atoms with van der Waals surface area (Å²) < 4.78 is 2.20. The zero-order valence-electron chi connectivity index (χ0n) is 11.4. The first-order valence-electron chi connectivity index (χ1n) is 6.13. The van der Waals surface area contributed by atoms with Crippen LogP contribution in [0.4, 0.5) is 0 Å². The summed E-state index contributed by atoms with van der Waals surface area (Å²) in [5.74, 6) is 0. The van der Waals surface area contributed by atoms with Crippen molar-refractivity contribution in [2.75, 3.05) is 7.05 Å². The van der Waals surface area contributed by atoms with Crippen LogP contribution in [0, 0.1) is 6.92 Å². The highest BCUT2D eigenvalue weighted by atomic mass is 32.1. The van der Waals surface area contributed by atoms with Gasteiger partial charge in [-0.1, -0.05) is 0 Å². The first-order valence-corrected chi connectivity index (χ1v) is 7.01. The zero-order chi connectivity index (χ0) is 13.2. The van der Waals surface area contributed by atoms with E-state index < -0.39 is 0 Å². The number of imidazole rings is 1. The van der Waals surface area contributed by atoms with Crippen molar-refractivity contribution in [2.24, 2.45) is 0 Å². The summed E-state index contributed by atoms with van der Waals surface area (Å²) >= 11 is 1.71. The Morgan fingerprint density at radius 3 is 2.83 bits per heavy atom. The number of thiazole rings is 1. The summed E-state index contributed by atoms with van der Waals surface area (Å²) in [7, 11) is 1.97. The third kappa shape index (κ3) is 2.79. The number of rotatable bonds is 5. The van der Waals surface area contributed by atoms with Gasteiger partial charge in [0.15, 0.2) is 0 Å². The van der Waals surface area contributed by atoms with Crippen LogP contribution in [0.1, 0.15) is 30.2 Å². The molecule has 0 unspecified atom stereocenters. The van der Waals surface area contributed by atoms with Crippen LogP contribution in [-0.4, -0.2) is 21.6 Å². The minimum atomic E-state index is -0.0610. The maximum absolute atomic E-state index is 4.49. The fraction of sp³-hybridized carbons (Fsp3) is 0.538. The van der Waals surface area contributed by atoms with Crippen molar-refractivity contribution in [3.63, 3.8) is 0 Å². The fourth-order valence-corrected chi connectivity index (χ4v) is 2.55. The number of hydrogen-bond donors (Lipinski definition) is 1. The molecule has 2 aromatic heterocycles. The standard InChI is InChI=1S/C13H20N4S/c1-10-16-11(8-18-10)5-6-17-9-15-7-12(17)13(2,3)14-4/h7-9,14H,5-6H2,1-4H3. The molecule has 0 radical (unpaired) electrons. The van der Waals surface area contributed by atoms with E-state index in [9.17, 15) is 0 Å². The van der Waals surface area contributed by atoms with Crippen molar-refractivity contribution in [3.05, 3.63) is 34.3 Å². The Kier molecular flexibility index (Phi) is 3.82. The molecule has 0 bridgehead atoms. The van der Waals surface area contributed by atoms with Gasteiger partial charge in [0.1, 0.15) is 0 Å². The molecule has 2 heterocycles. The van der Waals surface area contributed by atoms with Crippen LogP contribution in [0.15, 0.2) is 17.9 Å². The Bertz CT molecular complexity index is 513. The molecule has 18 heavy (non-hydrogen) atoms. The van der Waals surface area contributed by atoms with Crippen LogP contribution < -0.4 is 5.32 Å². The monoisotopic (exact) mass is 264 g/mol. The van der Waals surface area contributed by atoms with E-state index in [-0.39, 0.29) is 5.54 Å². The predicted molar refractivity (Wildman–Crippen MR) is 74.9 cm³/mol. The molecule has 5 heteroatoms. The maximum Gasteiger partial charge on any atom is 0.0948 e. The molecule has 0 atom stereocenters. The van der Waals surface area contributed by atoms with Gasteiger partial charge in [-0.05, 0) is 27.8 Å². The SMILES string of the molecule is CNC(C)(C)c1cncn1CCc1csc(C)n1. The van der Waals surface area contributed by atoms with Crippen LogP contribution in [0.2, 0.25) is 0 Å². The second-order valence-electron chi connectivity index (χ2n) is 4.96. The van der Waals surface area contributed by atoms with Gasteiger partial charge in [0.05, 0.1) is 28.3 Å². The van der Waals surface area contributed by atoms with E-state index >= 15 is 0 Å². The highest BCUT2D eigenvalue weighted by Crippen LogP contribution is 2.19. The van der Waals surface area contributed by atoms with Gasteiger partial charge in [-0.25, -0.2) is 9.97 Å². The lowest BCUT2D eigenvalue weighted by Crippen LogP contribution is -2.35. The largest absolute Gasteiger partial charge is 0.333 e. The van der Waals surface area contributed by atoms with Gasteiger partial charge in [0.25, 0.3) is 0 Å². The van der Waals surface area contributed by atoms with E-state index in [0.29, 0.717) is 0 Å². The molecule has 2 rings (SSSR count). The lowest BCUT2D eigenvalue weighted by Gasteiger charge is -2.25. The molecule has 0 saturated carbocycles. The molecule has 1 N–H and O–H groups in total. The number of aromatic nitrogens is 3. The summed E-state index contributed by atoms with van der Waals surface area (Å²) in [6.07, 6.45) is 4.78. The summed E-state index contributed by atoms with van der Waals surface area (Å²) in [4.78, 5) is 8.75. The molecule has 0 aliphatic carbocycles. The van der Waals surface area contributed by atoms with E-state index in [1.165, 1.54) is 11.4 Å². The highest BCUT2D eigenvalue weighted by molar-refractivity contribution is 7.09. The Morgan fingerprint density at radius 1 is 1.44 bits per heavy atom. The second kappa shape index (κ2) is 5.20. The number of hydrogen-bond acceptors (Lipinski definition) is 4. The van der Waals surface area contributed by atoms with E-state index in [4.69, 9.17) is 0 Å². The molecule has 0 amide bonds. The Labute approximate surface area is 112 Å². The summed E-state index contributed by atoms with van der Waals surface area (Å²) in [5, 5.41) is 6.58. The smallest absolute Gasteiger partial charge is 0.0948 e. The normalized spacial score (nSPS) is 12.0. The number of aryl methyl sites for hydroxylation is 3. The third-order valence-electron chi connectivity index (χ3n) is 3.25. The fourth-order valence-electron chi connectivity index (χ4n) is 1.91. The molecule has 0 saturated heterocycles. The molecule has 0 aliphatic heterocycles. The molecule has 0 spiro atoms. The topological polar surface area (TPSA) is 42.7 Å². The van der Waals surface area contributed by atoms with E-state index in [2.05, 4.69) is 39.1 Å². The maximum atomic E-state index is 4.49. The van der Waals surface area contributed by atoms with Crippen LogP contribution >= 0.6 is 11.3 Å². The summed E-state index contributed by atoms with van der Waals surface area (Å²) in [5.41, 5.74) is 2.31. The average molecular weight is 264 g/mol. The molecular weight excluding hydrogens is 244 g/mol. The van der Waals surface area contributed by atoms with Gasteiger partial charge in [0.2, 0.25) is 0 Å². The highest BCUT2D eigenvalue weighted by Gasteiger charge is 2.21. The third-order valence-corrected chi connectivity index (χ3v) is 4.08. The first kappa shape index (κ1) is 13.2. The molecule has 0 fully saturated rings. The summed E-state index contributed by atoms with van der Waals surface area (Å²) in [6, 6.07) is 0. The van der Waals surface area contributed by atoms with E-state index in [1.54, 1.807) is 11.3 Å². The number of nitrogens with zero attached hydrogens (tertiary/aromatic N) is 3. The molecule has 98 valence electrons. The van der Waals surface area contributed by atoms with Crippen molar-refractivity contribution in [1.29, 1.82) is 0 Å². The average Bonchev–Trinajstić information content (AvgIpc) is 2.95. The quantitative estimate of drug-likeness (QED) is 0.901. The molecule has 0 aliphatic rings. The minimum absolute atomic E-state index is 0.0610. The Balaban J connectivity index is 2.09. The number of nitrogens with one attached hydrogen (secondary N) is 1. The van der Waals surface area contributed by atoms with E-state index in [0.717, 1.165) is 18.0 Å². The van der Waals surface area contributed by atoms with Gasteiger partial charge in [0, 0.05) is 24.5 Å². The summed E-state index contributed by atoms with van der Waals surface area (Å²) in [6.45, 7) is 7.28. The lowest BCUT2D eigenvalue weighted by molar-refractivity contribution is 0.408. The van der Waals surface area contributed by atoms with Crippen molar-refractivity contribution in [1.82, 2.24) is 19.9 Å². The Hall–Kier alpha value is -1.20. The van der Waals surface area contributed by atoms with Crippen LogP contribution in [0.25, 0.3) is 0 Å². The molecule has 2 aromatic rings. The Morgan fingerprint density at radius 2 is 2.22 bits per heavy atom. The molecular formula is C13H20N4S. The minimum Gasteiger partial charge on any atom is -0.333 e. The lowest BCUT2D eigenvalue weighted by atomic mass is 10.0. The van der Waals surface area contributed by atoms with Crippen molar-refractivity contribution in [3.8, 4) is 0 Å². The van der Waals surface area contributed by atoms with Gasteiger partial charge >= 0.3 is 0 Å². The van der Waals surface area contributed by atoms with Gasteiger partial charge in [-0.3, -0.25) is 0 Å². The van der Waals surface area contributed by atoms with Crippen molar-refractivity contribution in [2.45, 2.75) is 39.3 Å². The van der Waals surface area contributed by atoms with Crippen molar-refractivity contribution < 1.29 is 0 Å². The van der Waals surface area contributed by atoms with Gasteiger partial charge < -0.3 is 9.88 Å². The van der Waals surface area contributed by atoms with Crippen LogP contribution in [-0.2, 0) is 18.5 Å². The van der Waals surface area contributed by atoms with Crippen LogP contribution in [0.5, 0.6) is 0 Å². The predicted octanol–water partition coefficient (Wildman–Crippen LogP) is 2.35. The molecule has 4 nitrogen and oxygen atoms in total. The first-order chi connectivity index (χ1) is 8.53. The zero-order valence-corrected chi connectivity index (χ0v) is 12.2. The van der Waals surface area contributed by atoms with Crippen molar-refractivity contribution >= 4 is 11.3 Å². The molecule has 0 aromatic carbocycles. The van der Waals surface area contributed by atoms with Gasteiger partial charge in [-0.15, -0.1) is 11.3 Å². The van der Waals surface area contributed by atoms with E-state index in [1.807, 2.05) is 26.5 Å².